The minimum atomic E-state index is -0.807. The maximum absolute atomic E-state index is 13.0. The molecule has 2 aromatic carbocycles. The van der Waals surface area contributed by atoms with Crippen molar-refractivity contribution in [3.05, 3.63) is 89.4 Å². The van der Waals surface area contributed by atoms with Crippen LogP contribution in [0.5, 0.6) is 0 Å². The molecule has 3 rings (SSSR count). The summed E-state index contributed by atoms with van der Waals surface area (Å²) < 4.78 is 13.0. The molecule has 0 saturated carbocycles. The summed E-state index contributed by atoms with van der Waals surface area (Å²) in [6.45, 7) is 1.87. The van der Waals surface area contributed by atoms with E-state index in [1.807, 2.05) is 49.4 Å². The van der Waals surface area contributed by atoms with Gasteiger partial charge in [-0.3, -0.25) is 4.98 Å². The van der Waals surface area contributed by atoms with Crippen LogP contribution >= 0.6 is 0 Å². The standard InChI is InChI=1S/C19H16FNO/c1-13-17(19(22)15-7-9-16(20)10-8-15)11-12-18(21-13)14-5-3-2-4-6-14/h2-12,19,22H,1H3. The second-order valence-electron chi connectivity index (χ2n) is 5.19. The molecule has 0 fully saturated rings. The van der Waals surface area contributed by atoms with Crippen molar-refractivity contribution in [2.24, 2.45) is 0 Å². The van der Waals surface area contributed by atoms with Gasteiger partial charge < -0.3 is 5.11 Å². The number of rotatable bonds is 3. The molecule has 0 amide bonds. The van der Waals surface area contributed by atoms with Gasteiger partial charge in [0.15, 0.2) is 0 Å². The predicted molar refractivity (Wildman–Crippen MR) is 84.9 cm³/mol. The number of halogens is 1. The first-order valence-corrected chi connectivity index (χ1v) is 7.11. The number of nitrogens with zero attached hydrogens (tertiary/aromatic N) is 1. The molecule has 22 heavy (non-hydrogen) atoms. The van der Waals surface area contributed by atoms with Crippen molar-refractivity contribution in [3.8, 4) is 11.3 Å². The zero-order valence-corrected chi connectivity index (χ0v) is 12.2. The van der Waals surface area contributed by atoms with Gasteiger partial charge in [-0.1, -0.05) is 48.5 Å². The Kier molecular flexibility index (Phi) is 3.98. The van der Waals surface area contributed by atoms with E-state index >= 15 is 0 Å². The van der Waals surface area contributed by atoms with Crippen LogP contribution in [0, 0.1) is 12.7 Å². The molecule has 3 aromatic rings. The van der Waals surface area contributed by atoms with Gasteiger partial charge in [0, 0.05) is 16.8 Å². The van der Waals surface area contributed by atoms with Crippen molar-refractivity contribution in [2.45, 2.75) is 13.0 Å². The maximum atomic E-state index is 13.0. The van der Waals surface area contributed by atoms with Gasteiger partial charge in [-0.05, 0) is 30.7 Å². The molecule has 0 saturated heterocycles. The van der Waals surface area contributed by atoms with Crippen molar-refractivity contribution in [1.82, 2.24) is 4.98 Å². The smallest absolute Gasteiger partial charge is 0.123 e. The van der Waals surface area contributed by atoms with Crippen LogP contribution in [0.2, 0.25) is 0 Å². The molecule has 0 aliphatic rings. The third-order valence-corrected chi connectivity index (χ3v) is 3.68. The van der Waals surface area contributed by atoms with E-state index in [4.69, 9.17) is 0 Å². The quantitative estimate of drug-likeness (QED) is 0.782. The number of aliphatic hydroxyl groups is 1. The van der Waals surface area contributed by atoms with Gasteiger partial charge in [-0.2, -0.15) is 0 Å². The number of hydrogen-bond acceptors (Lipinski definition) is 2. The normalized spacial score (nSPS) is 12.1. The highest BCUT2D eigenvalue weighted by Crippen LogP contribution is 2.26. The van der Waals surface area contributed by atoms with E-state index in [0.717, 1.165) is 22.5 Å². The van der Waals surface area contributed by atoms with Gasteiger partial charge in [0.25, 0.3) is 0 Å². The first-order valence-electron chi connectivity index (χ1n) is 7.11. The molecule has 0 bridgehead atoms. The molecule has 3 heteroatoms. The van der Waals surface area contributed by atoms with Crippen LogP contribution in [-0.2, 0) is 0 Å². The van der Waals surface area contributed by atoms with Crippen molar-refractivity contribution in [3.63, 3.8) is 0 Å². The zero-order valence-electron chi connectivity index (χ0n) is 12.2. The fourth-order valence-electron chi connectivity index (χ4n) is 2.46. The first kappa shape index (κ1) is 14.4. The third kappa shape index (κ3) is 2.90. The molecule has 0 radical (unpaired) electrons. The summed E-state index contributed by atoms with van der Waals surface area (Å²) in [5.74, 6) is -0.315. The third-order valence-electron chi connectivity index (χ3n) is 3.68. The van der Waals surface area contributed by atoms with Crippen LogP contribution in [0.1, 0.15) is 22.9 Å². The second kappa shape index (κ2) is 6.08. The molecule has 0 spiro atoms. The van der Waals surface area contributed by atoms with Crippen molar-refractivity contribution >= 4 is 0 Å². The highest BCUT2D eigenvalue weighted by molar-refractivity contribution is 5.59. The number of aliphatic hydroxyl groups excluding tert-OH is 1. The molecular weight excluding hydrogens is 277 g/mol. The first-order chi connectivity index (χ1) is 10.6. The van der Waals surface area contributed by atoms with E-state index in [0.29, 0.717) is 5.56 Å². The molecule has 0 aliphatic heterocycles. The Balaban J connectivity index is 1.94. The summed E-state index contributed by atoms with van der Waals surface area (Å²) in [7, 11) is 0. The number of pyridine rings is 1. The molecule has 1 heterocycles. The van der Waals surface area contributed by atoms with E-state index in [1.165, 1.54) is 12.1 Å². The molecule has 2 nitrogen and oxygen atoms in total. The lowest BCUT2D eigenvalue weighted by molar-refractivity contribution is 0.219. The van der Waals surface area contributed by atoms with Crippen molar-refractivity contribution in [1.29, 1.82) is 0 Å². The Bertz CT molecular complexity index is 769. The molecular formula is C19H16FNO. The Morgan fingerprint density at radius 2 is 1.59 bits per heavy atom. The molecule has 110 valence electrons. The minimum Gasteiger partial charge on any atom is -0.384 e. The lowest BCUT2D eigenvalue weighted by atomic mass is 9.99. The summed E-state index contributed by atoms with van der Waals surface area (Å²) in [4.78, 5) is 4.57. The minimum absolute atomic E-state index is 0.315. The van der Waals surface area contributed by atoms with Crippen molar-refractivity contribution < 1.29 is 9.50 Å². The van der Waals surface area contributed by atoms with Gasteiger partial charge in [0.2, 0.25) is 0 Å². The summed E-state index contributed by atoms with van der Waals surface area (Å²) in [6.07, 6.45) is -0.807. The van der Waals surface area contributed by atoms with Crippen molar-refractivity contribution in [2.75, 3.05) is 0 Å². The van der Waals surface area contributed by atoms with Crippen LogP contribution in [-0.4, -0.2) is 10.1 Å². The summed E-state index contributed by atoms with van der Waals surface area (Å²) in [5, 5.41) is 10.5. The van der Waals surface area contributed by atoms with Gasteiger partial charge in [0.05, 0.1) is 5.69 Å². The van der Waals surface area contributed by atoms with E-state index in [-0.39, 0.29) is 5.82 Å². The Morgan fingerprint density at radius 3 is 2.23 bits per heavy atom. The number of hydrogen-bond donors (Lipinski definition) is 1. The van der Waals surface area contributed by atoms with E-state index < -0.39 is 6.10 Å². The summed E-state index contributed by atoms with van der Waals surface area (Å²) in [5.41, 5.74) is 4.05. The van der Waals surface area contributed by atoms with Gasteiger partial charge in [0.1, 0.15) is 11.9 Å². The number of aryl methyl sites for hydroxylation is 1. The van der Waals surface area contributed by atoms with Gasteiger partial charge in [-0.15, -0.1) is 0 Å². The Hall–Kier alpha value is -2.52. The fraction of sp³-hybridized carbons (Fsp3) is 0.105. The second-order valence-corrected chi connectivity index (χ2v) is 5.19. The van der Waals surface area contributed by atoms with Gasteiger partial charge >= 0.3 is 0 Å². The average molecular weight is 293 g/mol. The highest BCUT2D eigenvalue weighted by atomic mass is 19.1. The fourth-order valence-corrected chi connectivity index (χ4v) is 2.46. The molecule has 1 atom stereocenters. The zero-order chi connectivity index (χ0) is 15.5. The number of benzene rings is 2. The van der Waals surface area contributed by atoms with E-state index in [1.54, 1.807) is 12.1 Å². The maximum Gasteiger partial charge on any atom is 0.123 e. The van der Waals surface area contributed by atoms with Crippen LogP contribution < -0.4 is 0 Å². The SMILES string of the molecule is Cc1nc(-c2ccccc2)ccc1C(O)c1ccc(F)cc1. The lowest BCUT2D eigenvalue weighted by Gasteiger charge is -2.14. The predicted octanol–water partition coefficient (Wildman–Crippen LogP) is 4.28. The van der Waals surface area contributed by atoms with Crippen LogP contribution in [0.15, 0.2) is 66.7 Å². The van der Waals surface area contributed by atoms with E-state index in [9.17, 15) is 9.50 Å². The summed E-state index contributed by atoms with van der Waals surface area (Å²) >= 11 is 0. The highest BCUT2D eigenvalue weighted by Gasteiger charge is 2.14. The average Bonchev–Trinajstić information content (AvgIpc) is 2.56. The topological polar surface area (TPSA) is 33.1 Å². The van der Waals surface area contributed by atoms with Crippen LogP contribution in [0.25, 0.3) is 11.3 Å². The Labute approximate surface area is 128 Å². The molecule has 0 aliphatic carbocycles. The summed E-state index contributed by atoms with van der Waals surface area (Å²) in [6, 6.07) is 19.5. The lowest BCUT2D eigenvalue weighted by Crippen LogP contribution is -2.04. The largest absolute Gasteiger partial charge is 0.384 e. The molecule has 1 N–H and O–H groups in total. The van der Waals surface area contributed by atoms with E-state index in [2.05, 4.69) is 4.98 Å². The number of aromatic nitrogens is 1. The van der Waals surface area contributed by atoms with Gasteiger partial charge in [-0.25, -0.2) is 4.39 Å². The molecule has 1 aromatic heterocycles. The Morgan fingerprint density at radius 1 is 0.909 bits per heavy atom. The molecule has 1 unspecified atom stereocenters. The van der Waals surface area contributed by atoms with Crippen LogP contribution in [0.3, 0.4) is 0 Å². The van der Waals surface area contributed by atoms with Crippen LogP contribution in [0.4, 0.5) is 4.39 Å². The monoisotopic (exact) mass is 293 g/mol.